The smallest absolute Gasteiger partial charge is 0.200 e. The number of anilines is 2. The third-order valence-electron chi connectivity index (χ3n) is 4.33. The summed E-state index contributed by atoms with van der Waals surface area (Å²) in [6.45, 7) is 2.99. The van der Waals surface area contributed by atoms with Gasteiger partial charge < -0.3 is 19.4 Å². The van der Waals surface area contributed by atoms with Crippen molar-refractivity contribution in [3.05, 3.63) is 64.2 Å². The Balaban J connectivity index is 1.66. The molecule has 7 heteroatoms. The Morgan fingerprint density at radius 1 is 1.15 bits per heavy atom. The summed E-state index contributed by atoms with van der Waals surface area (Å²) in [5.41, 5.74) is 1.21. The summed E-state index contributed by atoms with van der Waals surface area (Å²) in [6.07, 6.45) is 1.57. The van der Waals surface area contributed by atoms with Crippen LogP contribution in [-0.2, 0) is 11.3 Å². The highest BCUT2D eigenvalue weighted by Crippen LogP contribution is 2.25. The first-order chi connectivity index (χ1) is 12.7. The Hall–Kier alpha value is -2.93. The predicted octanol–water partition coefficient (Wildman–Crippen LogP) is 2.78. The summed E-state index contributed by atoms with van der Waals surface area (Å²) in [7, 11) is 0. The number of morpholine rings is 1. The van der Waals surface area contributed by atoms with Crippen LogP contribution in [0.1, 0.15) is 5.56 Å². The van der Waals surface area contributed by atoms with Gasteiger partial charge in [0.1, 0.15) is 5.82 Å². The molecule has 134 valence electrons. The summed E-state index contributed by atoms with van der Waals surface area (Å²) in [6, 6.07) is 9.37. The molecule has 3 aromatic rings. The number of benzene rings is 1. The second-order valence-electron chi connectivity index (χ2n) is 6.06. The van der Waals surface area contributed by atoms with Crippen molar-refractivity contribution in [3.63, 3.8) is 0 Å². The summed E-state index contributed by atoms with van der Waals surface area (Å²) >= 11 is 0. The quantitative estimate of drug-likeness (QED) is 0.776. The number of pyridine rings is 1. The summed E-state index contributed by atoms with van der Waals surface area (Å²) in [4.78, 5) is 18.8. The molecule has 3 heterocycles. The van der Waals surface area contributed by atoms with E-state index in [9.17, 15) is 9.18 Å². The summed E-state index contributed by atoms with van der Waals surface area (Å²) in [5.74, 6) is 0.723. The molecule has 2 aromatic heterocycles. The van der Waals surface area contributed by atoms with Gasteiger partial charge in [0.25, 0.3) is 0 Å². The van der Waals surface area contributed by atoms with Gasteiger partial charge in [-0.2, -0.15) is 0 Å². The largest absolute Gasteiger partial charge is 0.436 e. The molecule has 0 saturated carbocycles. The molecule has 1 aromatic carbocycles. The van der Waals surface area contributed by atoms with Gasteiger partial charge in [-0.25, -0.2) is 9.37 Å². The monoisotopic (exact) mass is 355 g/mol. The first kappa shape index (κ1) is 16.5. The van der Waals surface area contributed by atoms with Crippen molar-refractivity contribution in [1.29, 1.82) is 0 Å². The molecule has 1 fully saturated rings. The minimum absolute atomic E-state index is 0.111. The Bertz CT molecular complexity index is 966. The summed E-state index contributed by atoms with van der Waals surface area (Å²) in [5, 5.41) is 3.64. The van der Waals surface area contributed by atoms with Gasteiger partial charge in [0, 0.05) is 31.9 Å². The fourth-order valence-electron chi connectivity index (χ4n) is 2.92. The van der Waals surface area contributed by atoms with E-state index in [4.69, 9.17) is 9.15 Å². The van der Waals surface area contributed by atoms with Crippen LogP contribution < -0.4 is 15.6 Å². The van der Waals surface area contributed by atoms with Crippen molar-refractivity contribution in [1.82, 2.24) is 4.98 Å². The number of nitrogens with zero attached hydrogens (tertiary/aromatic N) is 2. The Morgan fingerprint density at radius 3 is 2.69 bits per heavy atom. The molecule has 1 N–H and O–H groups in total. The van der Waals surface area contributed by atoms with E-state index in [0.29, 0.717) is 55.5 Å². The second kappa shape index (κ2) is 7.13. The predicted molar refractivity (Wildman–Crippen MR) is 97.0 cm³/mol. The van der Waals surface area contributed by atoms with Crippen molar-refractivity contribution < 1.29 is 13.5 Å². The highest BCUT2D eigenvalue weighted by atomic mass is 19.1. The number of rotatable bonds is 4. The average molecular weight is 355 g/mol. The Morgan fingerprint density at radius 2 is 1.92 bits per heavy atom. The second-order valence-corrected chi connectivity index (χ2v) is 6.06. The van der Waals surface area contributed by atoms with E-state index >= 15 is 0 Å². The molecule has 6 nitrogen and oxygen atoms in total. The van der Waals surface area contributed by atoms with Crippen LogP contribution >= 0.6 is 0 Å². The molecule has 1 aliphatic heterocycles. The lowest BCUT2D eigenvalue weighted by atomic mass is 10.2. The van der Waals surface area contributed by atoms with E-state index in [-0.39, 0.29) is 11.2 Å². The Kier molecular flexibility index (Phi) is 4.53. The molecular formula is C19H18FN3O3. The van der Waals surface area contributed by atoms with Gasteiger partial charge in [0.05, 0.1) is 18.6 Å². The van der Waals surface area contributed by atoms with Gasteiger partial charge in [-0.15, -0.1) is 0 Å². The molecule has 4 rings (SSSR count). The minimum atomic E-state index is -0.279. The Labute approximate surface area is 149 Å². The van der Waals surface area contributed by atoms with Crippen molar-refractivity contribution in [2.45, 2.75) is 6.54 Å². The molecule has 0 aliphatic carbocycles. The molecule has 1 aliphatic rings. The molecule has 0 unspecified atom stereocenters. The topological polar surface area (TPSA) is 67.6 Å². The lowest BCUT2D eigenvalue weighted by Gasteiger charge is -2.27. The maximum atomic E-state index is 13.0. The maximum absolute atomic E-state index is 13.0. The van der Waals surface area contributed by atoms with Gasteiger partial charge in [-0.3, -0.25) is 4.79 Å². The highest BCUT2D eigenvalue weighted by Gasteiger charge is 2.17. The SMILES string of the molecule is O=c1cc(N2CCOCC2)oc2c(NCc3ccc(F)cc3)nccc12. The van der Waals surface area contributed by atoms with Crippen LogP contribution in [0.4, 0.5) is 16.1 Å². The molecular weight excluding hydrogens is 337 g/mol. The lowest BCUT2D eigenvalue weighted by Crippen LogP contribution is -2.36. The zero-order valence-electron chi connectivity index (χ0n) is 14.1. The highest BCUT2D eigenvalue weighted by molar-refractivity contribution is 5.86. The van der Waals surface area contributed by atoms with Crippen LogP contribution in [0.25, 0.3) is 11.0 Å². The fourth-order valence-corrected chi connectivity index (χ4v) is 2.92. The number of hydrogen-bond donors (Lipinski definition) is 1. The van der Waals surface area contributed by atoms with Crippen molar-refractivity contribution in [2.24, 2.45) is 0 Å². The van der Waals surface area contributed by atoms with Crippen LogP contribution in [0.15, 0.2) is 51.8 Å². The van der Waals surface area contributed by atoms with E-state index in [1.807, 2.05) is 4.90 Å². The number of fused-ring (bicyclic) bond motifs is 1. The minimum Gasteiger partial charge on any atom is -0.436 e. The third-order valence-corrected chi connectivity index (χ3v) is 4.33. The van der Waals surface area contributed by atoms with Gasteiger partial charge >= 0.3 is 0 Å². The standard InChI is InChI=1S/C19H18FN3O3/c20-14-3-1-13(2-4-14)12-22-19-18-15(5-6-21-19)16(24)11-17(26-18)23-7-9-25-10-8-23/h1-6,11H,7-10,12H2,(H,21,22). The third kappa shape index (κ3) is 3.39. The van der Waals surface area contributed by atoms with E-state index < -0.39 is 0 Å². The zero-order valence-corrected chi connectivity index (χ0v) is 14.1. The maximum Gasteiger partial charge on any atom is 0.200 e. The van der Waals surface area contributed by atoms with Crippen LogP contribution in [0, 0.1) is 5.82 Å². The first-order valence-electron chi connectivity index (χ1n) is 8.44. The first-order valence-corrected chi connectivity index (χ1v) is 8.44. The molecule has 0 atom stereocenters. The molecule has 26 heavy (non-hydrogen) atoms. The van der Waals surface area contributed by atoms with E-state index in [1.165, 1.54) is 18.2 Å². The molecule has 0 radical (unpaired) electrons. The molecule has 1 saturated heterocycles. The molecule has 0 amide bonds. The van der Waals surface area contributed by atoms with Gasteiger partial charge in [-0.1, -0.05) is 12.1 Å². The number of aromatic nitrogens is 1. The van der Waals surface area contributed by atoms with E-state index in [1.54, 1.807) is 24.4 Å². The van der Waals surface area contributed by atoms with Crippen LogP contribution in [0.3, 0.4) is 0 Å². The van der Waals surface area contributed by atoms with E-state index in [0.717, 1.165) is 5.56 Å². The summed E-state index contributed by atoms with van der Waals surface area (Å²) < 4.78 is 24.4. The lowest BCUT2D eigenvalue weighted by molar-refractivity contribution is 0.121. The normalized spacial score (nSPS) is 14.6. The van der Waals surface area contributed by atoms with Crippen LogP contribution in [-0.4, -0.2) is 31.3 Å². The van der Waals surface area contributed by atoms with Gasteiger partial charge in [-0.05, 0) is 23.8 Å². The van der Waals surface area contributed by atoms with Crippen LogP contribution in [0.5, 0.6) is 0 Å². The zero-order chi connectivity index (χ0) is 17.9. The number of halogens is 1. The number of nitrogens with one attached hydrogen (secondary N) is 1. The number of ether oxygens (including phenoxy) is 1. The average Bonchev–Trinajstić information content (AvgIpc) is 2.68. The van der Waals surface area contributed by atoms with E-state index in [2.05, 4.69) is 10.3 Å². The molecule has 0 bridgehead atoms. The number of hydrogen-bond acceptors (Lipinski definition) is 6. The van der Waals surface area contributed by atoms with Crippen molar-refractivity contribution in [3.8, 4) is 0 Å². The van der Waals surface area contributed by atoms with Gasteiger partial charge in [0.2, 0.25) is 0 Å². The fraction of sp³-hybridized carbons (Fsp3) is 0.263. The van der Waals surface area contributed by atoms with Crippen molar-refractivity contribution in [2.75, 3.05) is 36.5 Å². The van der Waals surface area contributed by atoms with Crippen LogP contribution in [0.2, 0.25) is 0 Å². The molecule has 0 spiro atoms. The van der Waals surface area contributed by atoms with Gasteiger partial charge in [0.15, 0.2) is 22.7 Å². The van der Waals surface area contributed by atoms with Crippen molar-refractivity contribution >= 4 is 22.7 Å².